The van der Waals surface area contributed by atoms with Gasteiger partial charge in [-0.3, -0.25) is 0 Å². The number of aromatic nitrogens is 2. The smallest absolute Gasteiger partial charge is 0.257 e. The molecule has 202 valence electrons. The third-order valence-electron chi connectivity index (χ3n) is 9.19. The Labute approximate surface area is 251 Å². The second kappa shape index (κ2) is 9.31. The van der Waals surface area contributed by atoms with Crippen LogP contribution < -0.4 is 15.6 Å². The summed E-state index contributed by atoms with van der Waals surface area (Å²) in [6.45, 7) is 0. The highest BCUT2D eigenvalue weighted by atomic mass is 28.3. The molecule has 3 heteroatoms. The Morgan fingerprint density at radius 2 is 0.837 bits per heavy atom. The molecule has 0 spiro atoms. The Bertz CT molecular complexity index is 2270. The molecule has 0 amide bonds. The van der Waals surface area contributed by atoms with E-state index < -0.39 is 8.24 Å². The van der Waals surface area contributed by atoms with E-state index in [0.29, 0.717) is 0 Å². The van der Waals surface area contributed by atoms with Crippen molar-refractivity contribution in [2.75, 3.05) is 0 Å². The lowest BCUT2D eigenvalue weighted by Crippen LogP contribution is -2.72. The third kappa shape index (κ3) is 3.28. The molecule has 0 aliphatic rings. The van der Waals surface area contributed by atoms with Crippen molar-refractivity contribution in [1.29, 1.82) is 0 Å². The first-order valence-electron chi connectivity index (χ1n) is 14.9. The van der Waals surface area contributed by atoms with Crippen molar-refractivity contribution >= 4 is 67.3 Å². The highest BCUT2D eigenvalue weighted by Crippen LogP contribution is 2.44. The number of hydrogen-bond acceptors (Lipinski definition) is 0. The van der Waals surface area contributed by atoms with Gasteiger partial charge in [-0.25, -0.2) is 0 Å². The van der Waals surface area contributed by atoms with Gasteiger partial charge >= 0.3 is 0 Å². The van der Waals surface area contributed by atoms with Crippen molar-refractivity contribution in [3.63, 3.8) is 0 Å². The summed E-state index contributed by atoms with van der Waals surface area (Å²) in [5.41, 5.74) is 5.02. The number of nitrogens with zero attached hydrogens (tertiary/aromatic N) is 2. The van der Waals surface area contributed by atoms with Crippen LogP contribution in [0.25, 0.3) is 49.2 Å². The van der Waals surface area contributed by atoms with E-state index in [9.17, 15) is 0 Å². The normalized spacial score (nSPS) is 12.2. The van der Waals surface area contributed by atoms with Gasteiger partial charge in [-0.1, -0.05) is 133 Å². The topological polar surface area (TPSA) is 9.86 Å². The van der Waals surface area contributed by atoms with E-state index >= 15 is 0 Å². The van der Waals surface area contributed by atoms with Crippen LogP contribution >= 0.6 is 0 Å². The van der Waals surface area contributed by atoms with E-state index in [1.807, 2.05) is 0 Å². The van der Waals surface area contributed by atoms with Crippen molar-refractivity contribution in [2.24, 2.45) is 0 Å². The maximum Gasteiger partial charge on any atom is 0.257 e. The largest absolute Gasteiger partial charge is 0.355 e. The Hall–Kier alpha value is -5.38. The Kier molecular flexibility index (Phi) is 5.25. The maximum atomic E-state index is 2.75. The van der Waals surface area contributed by atoms with Crippen LogP contribution in [-0.4, -0.2) is 17.0 Å². The molecule has 2 heterocycles. The van der Waals surface area contributed by atoms with E-state index in [1.54, 1.807) is 0 Å². The number of para-hydroxylation sites is 1. The molecule has 9 rings (SSSR count). The maximum absolute atomic E-state index is 2.85. The number of rotatable bonds is 5. The molecule has 0 saturated heterocycles. The minimum atomic E-state index is -2.85. The van der Waals surface area contributed by atoms with Crippen molar-refractivity contribution in [3.05, 3.63) is 170 Å². The van der Waals surface area contributed by atoms with Gasteiger partial charge in [0.25, 0.3) is 8.24 Å². The minimum Gasteiger partial charge on any atom is -0.355 e. The number of fused-ring (bicyclic) bond motifs is 3. The summed E-state index contributed by atoms with van der Waals surface area (Å²) in [5.74, 6) is 0. The average molecular weight is 565 g/mol. The molecule has 0 aliphatic carbocycles. The molecule has 0 saturated carbocycles. The van der Waals surface area contributed by atoms with Gasteiger partial charge in [-0.2, -0.15) is 0 Å². The summed E-state index contributed by atoms with van der Waals surface area (Å²) in [6.07, 6.45) is 2.23. The molecule has 2 nitrogen and oxygen atoms in total. The fourth-order valence-electron chi connectivity index (χ4n) is 7.54. The summed E-state index contributed by atoms with van der Waals surface area (Å²) in [7, 11) is -2.85. The van der Waals surface area contributed by atoms with Gasteiger partial charge in [-0.05, 0) is 51.3 Å². The average Bonchev–Trinajstić information content (AvgIpc) is 3.69. The van der Waals surface area contributed by atoms with Crippen LogP contribution in [0.15, 0.2) is 170 Å². The molecule has 0 atom stereocenters. The third-order valence-corrected chi connectivity index (χ3v) is 13.9. The molecule has 9 aromatic rings. The molecule has 0 aliphatic heterocycles. The Morgan fingerprint density at radius 1 is 0.372 bits per heavy atom. The van der Waals surface area contributed by atoms with Crippen LogP contribution in [0.1, 0.15) is 0 Å². The predicted molar refractivity (Wildman–Crippen MR) is 184 cm³/mol. The summed E-state index contributed by atoms with van der Waals surface area (Å²) in [6, 6.07) is 60.5. The Balaban J connectivity index is 1.53. The van der Waals surface area contributed by atoms with Crippen molar-refractivity contribution in [2.45, 2.75) is 0 Å². The monoisotopic (exact) mass is 564 g/mol. The zero-order chi connectivity index (χ0) is 28.4. The summed E-state index contributed by atoms with van der Waals surface area (Å²) in [5, 5.41) is 10.7. The van der Waals surface area contributed by atoms with Crippen LogP contribution in [0.4, 0.5) is 0 Å². The SMILES string of the molecule is c1ccc(-n2ccc3c4cccc5c4c4c(cccc4n5[Si](c4ccccc4)(c4ccccc4)c4ccccc4)c32)cc1. The van der Waals surface area contributed by atoms with Crippen LogP contribution in [0, 0.1) is 0 Å². The van der Waals surface area contributed by atoms with Crippen molar-refractivity contribution in [1.82, 2.24) is 8.80 Å². The molecule has 0 N–H and O–H groups in total. The van der Waals surface area contributed by atoms with E-state index in [-0.39, 0.29) is 0 Å². The fraction of sp³-hybridized carbons (Fsp3) is 0. The summed E-state index contributed by atoms with van der Waals surface area (Å²) in [4.78, 5) is 0. The van der Waals surface area contributed by atoms with Gasteiger partial charge in [-0.15, -0.1) is 0 Å². The first-order chi connectivity index (χ1) is 21.4. The molecule has 0 fully saturated rings. The molecule has 43 heavy (non-hydrogen) atoms. The zero-order valence-electron chi connectivity index (χ0n) is 23.6. The lowest BCUT2D eigenvalue weighted by molar-refractivity contribution is 1.13. The second-order valence-electron chi connectivity index (χ2n) is 11.3. The van der Waals surface area contributed by atoms with E-state index in [4.69, 9.17) is 0 Å². The molecule has 0 radical (unpaired) electrons. The quantitative estimate of drug-likeness (QED) is 0.114. The molecule has 0 bridgehead atoms. The zero-order valence-corrected chi connectivity index (χ0v) is 24.6. The molecule has 7 aromatic carbocycles. The van der Waals surface area contributed by atoms with Crippen molar-refractivity contribution < 1.29 is 0 Å². The summed E-state index contributed by atoms with van der Waals surface area (Å²) < 4.78 is 5.11. The van der Waals surface area contributed by atoms with Crippen LogP contribution in [0.5, 0.6) is 0 Å². The number of hydrogen-bond donors (Lipinski definition) is 0. The summed E-state index contributed by atoms with van der Waals surface area (Å²) >= 11 is 0. The van der Waals surface area contributed by atoms with Crippen molar-refractivity contribution in [3.8, 4) is 5.69 Å². The molecule has 0 unspecified atom stereocenters. The predicted octanol–water partition coefficient (Wildman–Crippen LogP) is 7.84. The molecular formula is C40H28N2Si. The molecular weight excluding hydrogens is 537 g/mol. The highest BCUT2D eigenvalue weighted by molar-refractivity contribution is 7.11. The molecule has 2 aromatic heterocycles. The minimum absolute atomic E-state index is 1.18. The van der Waals surface area contributed by atoms with Gasteiger partial charge in [0, 0.05) is 44.5 Å². The van der Waals surface area contributed by atoms with E-state index in [0.717, 1.165) is 0 Å². The lowest BCUT2D eigenvalue weighted by atomic mass is 9.98. The van der Waals surface area contributed by atoms with Gasteiger partial charge in [0.05, 0.1) is 5.52 Å². The van der Waals surface area contributed by atoms with Crippen LogP contribution in [-0.2, 0) is 0 Å². The standard InChI is InChI=1S/C40H28N2Si/c1-5-15-29(16-6-1)41-28-27-34-33-23-13-25-36-38(33)39-35(40(34)41)24-14-26-37(39)42(36)43(30-17-7-2-8-18-30,31-19-9-3-10-20-31)32-21-11-4-12-22-32/h1-28H. The lowest BCUT2D eigenvalue weighted by Gasteiger charge is -2.36. The van der Waals surface area contributed by atoms with Gasteiger partial charge in [0.2, 0.25) is 0 Å². The second-order valence-corrected chi connectivity index (χ2v) is 14.9. The van der Waals surface area contributed by atoms with Crippen LogP contribution in [0.2, 0.25) is 0 Å². The first kappa shape index (κ1) is 24.2. The van der Waals surface area contributed by atoms with Crippen LogP contribution in [0.3, 0.4) is 0 Å². The van der Waals surface area contributed by atoms with E-state index in [1.165, 1.54) is 64.7 Å². The first-order valence-corrected chi connectivity index (χ1v) is 16.8. The van der Waals surface area contributed by atoms with Gasteiger partial charge < -0.3 is 8.80 Å². The van der Waals surface area contributed by atoms with E-state index in [2.05, 4.69) is 179 Å². The Morgan fingerprint density at radius 3 is 1.37 bits per heavy atom. The fourth-order valence-corrected chi connectivity index (χ4v) is 12.4. The van der Waals surface area contributed by atoms with Gasteiger partial charge in [0.15, 0.2) is 0 Å². The van der Waals surface area contributed by atoms with Gasteiger partial charge in [0.1, 0.15) is 0 Å². The number of benzene rings is 7. The highest BCUT2D eigenvalue weighted by Gasteiger charge is 2.44.